The molecule has 0 N–H and O–H groups in total. The lowest BCUT2D eigenvalue weighted by Gasteiger charge is -2.18. The number of hydrogen-bond donors (Lipinski definition) is 0. The SMILES string of the molecule is CC/C=C\C/C=C\C/C=C\C/C=C\C/C=C\CCCCCCCCCCCCCCCCCC(=O)OCC(COC(=O)CCCCCCC/C=C\CCC)OC(=O)CCCCCCCC/C=C\C/C=C\C/C=C\CCCCC. The normalized spacial score (nSPS) is 12.8. The molecule has 0 fully saturated rings. The monoisotopic (exact) mass is 1080 g/mol. The summed E-state index contributed by atoms with van der Waals surface area (Å²) in [5, 5.41) is 0. The van der Waals surface area contributed by atoms with Gasteiger partial charge in [0.1, 0.15) is 13.2 Å². The molecule has 6 heteroatoms. The molecular formula is C72H122O6. The van der Waals surface area contributed by atoms with E-state index >= 15 is 0 Å². The molecule has 78 heavy (non-hydrogen) atoms. The minimum Gasteiger partial charge on any atom is -0.462 e. The summed E-state index contributed by atoms with van der Waals surface area (Å²) in [7, 11) is 0. The number of esters is 3. The predicted octanol–water partition coefficient (Wildman–Crippen LogP) is 22.6. The van der Waals surface area contributed by atoms with Gasteiger partial charge in [-0.25, -0.2) is 0 Å². The fourth-order valence-electron chi connectivity index (χ4n) is 9.07. The summed E-state index contributed by atoms with van der Waals surface area (Å²) in [6.45, 7) is 6.44. The molecule has 446 valence electrons. The van der Waals surface area contributed by atoms with Gasteiger partial charge in [0, 0.05) is 19.3 Å². The van der Waals surface area contributed by atoms with Crippen LogP contribution in [0, 0.1) is 0 Å². The van der Waals surface area contributed by atoms with Crippen LogP contribution in [0.25, 0.3) is 0 Å². The highest BCUT2D eigenvalue weighted by Crippen LogP contribution is 2.16. The highest BCUT2D eigenvalue weighted by molar-refractivity contribution is 5.71. The molecule has 0 spiro atoms. The van der Waals surface area contributed by atoms with E-state index in [1.54, 1.807) is 0 Å². The topological polar surface area (TPSA) is 78.9 Å². The molecule has 0 saturated heterocycles. The molecule has 0 saturated carbocycles. The van der Waals surface area contributed by atoms with Crippen LogP contribution in [0.15, 0.2) is 109 Å². The van der Waals surface area contributed by atoms with Crippen molar-refractivity contribution in [3.8, 4) is 0 Å². The van der Waals surface area contributed by atoms with Crippen LogP contribution in [0.1, 0.15) is 310 Å². The molecule has 0 heterocycles. The van der Waals surface area contributed by atoms with Gasteiger partial charge in [-0.15, -0.1) is 0 Å². The third-order valence-electron chi connectivity index (χ3n) is 14.0. The molecule has 0 rings (SSSR count). The Bertz CT molecular complexity index is 1570. The van der Waals surface area contributed by atoms with Crippen molar-refractivity contribution in [2.24, 2.45) is 0 Å². The largest absolute Gasteiger partial charge is 0.462 e. The summed E-state index contributed by atoms with van der Waals surface area (Å²) >= 11 is 0. The molecule has 1 atom stereocenters. The van der Waals surface area contributed by atoms with E-state index in [0.29, 0.717) is 19.3 Å². The summed E-state index contributed by atoms with van der Waals surface area (Å²) in [5.74, 6) is -0.901. The van der Waals surface area contributed by atoms with Gasteiger partial charge in [-0.3, -0.25) is 14.4 Å². The Kier molecular flexibility index (Phi) is 62.3. The zero-order chi connectivity index (χ0) is 56.4. The van der Waals surface area contributed by atoms with Crippen LogP contribution in [0.3, 0.4) is 0 Å². The Morgan fingerprint density at radius 1 is 0.269 bits per heavy atom. The lowest BCUT2D eigenvalue weighted by atomic mass is 10.0. The van der Waals surface area contributed by atoms with Gasteiger partial charge in [0.25, 0.3) is 0 Å². The Balaban J connectivity index is 4.19. The molecule has 0 aliphatic carbocycles. The predicted molar refractivity (Wildman–Crippen MR) is 339 cm³/mol. The van der Waals surface area contributed by atoms with Crippen LogP contribution in [-0.4, -0.2) is 37.2 Å². The van der Waals surface area contributed by atoms with Gasteiger partial charge in [0.2, 0.25) is 0 Å². The van der Waals surface area contributed by atoms with Crippen LogP contribution < -0.4 is 0 Å². The molecular weight excluding hydrogens is 961 g/mol. The van der Waals surface area contributed by atoms with Gasteiger partial charge in [-0.05, 0) is 122 Å². The van der Waals surface area contributed by atoms with Crippen molar-refractivity contribution < 1.29 is 28.6 Å². The third-order valence-corrected chi connectivity index (χ3v) is 14.0. The summed E-state index contributed by atoms with van der Waals surface area (Å²) in [4.78, 5) is 38.2. The van der Waals surface area contributed by atoms with Crippen molar-refractivity contribution in [3.05, 3.63) is 109 Å². The fraction of sp³-hybridized carbons (Fsp3) is 0.708. The van der Waals surface area contributed by atoms with Crippen LogP contribution in [0.5, 0.6) is 0 Å². The molecule has 6 nitrogen and oxygen atoms in total. The minimum absolute atomic E-state index is 0.0851. The van der Waals surface area contributed by atoms with Crippen molar-refractivity contribution in [1.29, 1.82) is 0 Å². The number of carbonyl (C=O) groups is 3. The van der Waals surface area contributed by atoms with E-state index in [2.05, 4.69) is 130 Å². The molecule has 0 bridgehead atoms. The molecule has 0 amide bonds. The quantitative estimate of drug-likeness (QED) is 0.0261. The van der Waals surface area contributed by atoms with Crippen LogP contribution in [0.2, 0.25) is 0 Å². The lowest BCUT2D eigenvalue weighted by Crippen LogP contribution is -2.30. The van der Waals surface area contributed by atoms with Gasteiger partial charge in [0.15, 0.2) is 6.10 Å². The van der Waals surface area contributed by atoms with E-state index in [-0.39, 0.29) is 31.1 Å². The molecule has 0 aliphatic heterocycles. The van der Waals surface area contributed by atoms with Gasteiger partial charge < -0.3 is 14.2 Å². The summed E-state index contributed by atoms with van der Waals surface area (Å²) in [6.07, 6.45) is 89.7. The maximum atomic E-state index is 12.9. The first-order valence-electron chi connectivity index (χ1n) is 32.9. The van der Waals surface area contributed by atoms with Gasteiger partial charge in [-0.2, -0.15) is 0 Å². The first-order valence-corrected chi connectivity index (χ1v) is 32.9. The van der Waals surface area contributed by atoms with E-state index in [1.807, 2.05) is 0 Å². The number of unbranched alkanes of at least 4 members (excludes halogenated alkanes) is 30. The molecule has 0 aromatic heterocycles. The van der Waals surface area contributed by atoms with Crippen molar-refractivity contribution in [1.82, 2.24) is 0 Å². The Morgan fingerprint density at radius 3 is 0.846 bits per heavy atom. The zero-order valence-corrected chi connectivity index (χ0v) is 51.2. The Morgan fingerprint density at radius 2 is 0.526 bits per heavy atom. The second-order valence-electron chi connectivity index (χ2n) is 21.6. The van der Waals surface area contributed by atoms with E-state index in [9.17, 15) is 14.4 Å². The first-order chi connectivity index (χ1) is 38.5. The Hall–Kier alpha value is -3.93. The minimum atomic E-state index is -0.789. The lowest BCUT2D eigenvalue weighted by molar-refractivity contribution is -0.167. The second-order valence-corrected chi connectivity index (χ2v) is 21.6. The molecule has 0 aliphatic rings. The highest BCUT2D eigenvalue weighted by Gasteiger charge is 2.19. The zero-order valence-electron chi connectivity index (χ0n) is 51.2. The molecule has 0 aromatic carbocycles. The molecule has 0 radical (unpaired) electrons. The van der Waals surface area contributed by atoms with Gasteiger partial charge >= 0.3 is 17.9 Å². The fourth-order valence-corrected chi connectivity index (χ4v) is 9.07. The van der Waals surface area contributed by atoms with Crippen LogP contribution >= 0.6 is 0 Å². The average molecular weight is 1080 g/mol. The van der Waals surface area contributed by atoms with Crippen molar-refractivity contribution in [2.45, 2.75) is 316 Å². The van der Waals surface area contributed by atoms with E-state index in [1.165, 1.54) is 141 Å². The Labute approximate surface area is 482 Å². The second kappa shape index (κ2) is 65.6. The number of ether oxygens (including phenoxy) is 3. The number of carbonyl (C=O) groups excluding carboxylic acids is 3. The summed E-state index contributed by atoms with van der Waals surface area (Å²) in [5.41, 5.74) is 0. The molecule has 0 aromatic rings. The van der Waals surface area contributed by atoms with Crippen LogP contribution in [-0.2, 0) is 28.6 Å². The van der Waals surface area contributed by atoms with Crippen molar-refractivity contribution in [3.63, 3.8) is 0 Å². The average Bonchev–Trinajstić information content (AvgIpc) is 3.44. The van der Waals surface area contributed by atoms with Crippen molar-refractivity contribution in [2.75, 3.05) is 13.2 Å². The van der Waals surface area contributed by atoms with E-state index in [4.69, 9.17) is 14.2 Å². The van der Waals surface area contributed by atoms with E-state index < -0.39 is 6.10 Å². The number of hydrogen-bond acceptors (Lipinski definition) is 6. The molecule has 1 unspecified atom stereocenters. The first kappa shape index (κ1) is 74.1. The standard InChI is InChI=1S/C72H122O6/c1-4-7-10-13-16-19-22-24-26-28-30-31-32-33-34-35-36-37-38-39-40-41-43-44-46-48-50-53-56-59-62-65-71(74)77-68-69(67-76-70(73)64-61-58-55-52-21-18-15-12-9-6-3)78-72(75)66-63-60-57-54-51-49-47-45-42-29-27-25-23-20-17-14-11-8-5-2/h7,10,12,15-17,19-20,24-27,30-31,33-34,42,45,69H,4-6,8-9,11,13-14,18,21-23,28-29,32,35-41,43-44,46-68H2,1-3H3/b10-7-,15-12-,19-16-,20-17-,26-24-,27-25-,31-30-,34-33-,45-42-. The highest BCUT2D eigenvalue weighted by atomic mass is 16.6. The summed E-state index contributed by atoms with van der Waals surface area (Å²) in [6, 6.07) is 0. The van der Waals surface area contributed by atoms with Crippen LogP contribution in [0.4, 0.5) is 0 Å². The van der Waals surface area contributed by atoms with Crippen molar-refractivity contribution >= 4 is 17.9 Å². The third kappa shape index (κ3) is 62.9. The maximum Gasteiger partial charge on any atom is 0.306 e. The number of allylic oxidation sites excluding steroid dienone is 18. The van der Waals surface area contributed by atoms with E-state index in [0.717, 1.165) is 128 Å². The smallest absolute Gasteiger partial charge is 0.306 e. The number of rotatable bonds is 59. The maximum absolute atomic E-state index is 12.9. The van der Waals surface area contributed by atoms with Gasteiger partial charge in [0.05, 0.1) is 0 Å². The summed E-state index contributed by atoms with van der Waals surface area (Å²) < 4.78 is 16.9. The van der Waals surface area contributed by atoms with Gasteiger partial charge in [-0.1, -0.05) is 278 Å².